The molecule has 2 rings (SSSR count). The van der Waals surface area contributed by atoms with Crippen LogP contribution in [0.1, 0.15) is 24.5 Å². The van der Waals surface area contributed by atoms with Crippen molar-refractivity contribution in [1.29, 1.82) is 0 Å². The molecule has 0 bridgehead atoms. The summed E-state index contributed by atoms with van der Waals surface area (Å²) in [6.45, 7) is 4.42. The van der Waals surface area contributed by atoms with Gasteiger partial charge in [-0.2, -0.15) is 0 Å². The summed E-state index contributed by atoms with van der Waals surface area (Å²) >= 11 is 5.82. The zero-order valence-electron chi connectivity index (χ0n) is 13.9. The van der Waals surface area contributed by atoms with Crippen molar-refractivity contribution < 1.29 is 9.59 Å². The maximum absolute atomic E-state index is 12.0. The van der Waals surface area contributed by atoms with Crippen LogP contribution in [0.15, 0.2) is 48.5 Å². The average Bonchev–Trinajstić information content (AvgIpc) is 2.55. The monoisotopic (exact) mass is 344 g/mol. The fraction of sp³-hybridized carbons (Fsp3) is 0.263. The van der Waals surface area contributed by atoms with E-state index in [1.165, 1.54) is 12.5 Å². The molecule has 0 heterocycles. The van der Waals surface area contributed by atoms with Gasteiger partial charge in [0.15, 0.2) is 0 Å². The van der Waals surface area contributed by atoms with Crippen LogP contribution in [0.25, 0.3) is 0 Å². The van der Waals surface area contributed by atoms with Crippen molar-refractivity contribution in [3.8, 4) is 0 Å². The van der Waals surface area contributed by atoms with Gasteiger partial charge in [0.2, 0.25) is 11.8 Å². The lowest BCUT2D eigenvalue weighted by atomic mass is 10.1. The summed E-state index contributed by atoms with van der Waals surface area (Å²) in [5.74, 6) is -0.178. The van der Waals surface area contributed by atoms with Crippen LogP contribution in [0.5, 0.6) is 0 Å². The van der Waals surface area contributed by atoms with Crippen LogP contribution in [-0.4, -0.2) is 23.3 Å². The van der Waals surface area contributed by atoms with Crippen molar-refractivity contribution >= 4 is 29.1 Å². The van der Waals surface area contributed by atoms with Crippen molar-refractivity contribution in [2.24, 2.45) is 0 Å². The summed E-state index contributed by atoms with van der Waals surface area (Å²) < 4.78 is 0. The predicted octanol–water partition coefficient (Wildman–Crippen LogP) is 4.03. The minimum atomic E-state index is -0.132. The van der Waals surface area contributed by atoms with Crippen LogP contribution in [-0.2, 0) is 16.1 Å². The van der Waals surface area contributed by atoms with Gasteiger partial charge in [-0.15, -0.1) is 0 Å². The Morgan fingerprint density at radius 1 is 1.04 bits per heavy atom. The molecule has 0 radical (unpaired) electrons. The maximum Gasteiger partial charge on any atom is 0.226 e. The zero-order chi connectivity index (χ0) is 17.5. The number of anilines is 1. The van der Waals surface area contributed by atoms with Crippen LogP contribution in [0.2, 0.25) is 5.02 Å². The number of amides is 2. The van der Waals surface area contributed by atoms with Crippen molar-refractivity contribution in [3.63, 3.8) is 0 Å². The molecule has 4 nitrogen and oxygen atoms in total. The molecule has 0 saturated carbocycles. The van der Waals surface area contributed by atoms with Crippen molar-refractivity contribution in [2.75, 3.05) is 11.9 Å². The zero-order valence-corrected chi connectivity index (χ0v) is 14.6. The van der Waals surface area contributed by atoms with E-state index >= 15 is 0 Å². The second-order valence-electron chi connectivity index (χ2n) is 5.73. The van der Waals surface area contributed by atoms with Crippen molar-refractivity contribution in [1.82, 2.24) is 4.90 Å². The molecule has 0 aliphatic heterocycles. The van der Waals surface area contributed by atoms with Gasteiger partial charge in [0.05, 0.1) is 0 Å². The van der Waals surface area contributed by atoms with Gasteiger partial charge in [-0.3, -0.25) is 9.59 Å². The van der Waals surface area contributed by atoms with E-state index in [-0.39, 0.29) is 18.2 Å². The summed E-state index contributed by atoms with van der Waals surface area (Å²) in [4.78, 5) is 25.5. The van der Waals surface area contributed by atoms with Gasteiger partial charge in [0.25, 0.3) is 0 Å². The molecule has 1 N–H and O–H groups in total. The number of nitrogens with one attached hydrogen (secondary N) is 1. The number of benzene rings is 2. The van der Waals surface area contributed by atoms with Crippen LogP contribution in [0.4, 0.5) is 5.69 Å². The van der Waals surface area contributed by atoms with Gasteiger partial charge in [-0.1, -0.05) is 41.4 Å². The lowest BCUT2D eigenvalue weighted by Crippen LogP contribution is -2.31. The van der Waals surface area contributed by atoms with E-state index in [2.05, 4.69) is 5.32 Å². The molecule has 2 amide bonds. The van der Waals surface area contributed by atoms with Crippen LogP contribution in [0.3, 0.4) is 0 Å². The minimum absolute atomic E-state index is 0.0464. The molecule has 0 fully saturated rings. The molecule has 0 atom stereocenters. The standard InChI is InChI=1S/C19H21ClN2O2/c1-14-3-5-16(6-4-14)13-22(15(2)23)12-11-19(24)21-18-9-7-17(20)8-10-18/h3-10H,11-13H2,1-2H3,(H,21,24). The normalized spacial score (nSPS) is 10.3. The first-order valence-corrected chi connectivity index (χ1v) is 8.18. The van der Waals surface area contributed by atoms with Gasteiger partial charge in [-0.05, 0) is 36.8 Å². The van der Waals surface area contributed by atoms with Crippen LogP contribution in [0, 0.1) is 6.92 Å². The van der Waals surface area contributed by atoms with Crippen LogP contribution >= 0.6 is 11.6 Å². The summed E-state index contributed by atoms with van der Waals surface area (Å²) in [6, 6.07) is 15.0. The Balaban J connectivity index is 1.88. The van der Waals surface area contributed by atoms with E-state index in [1.807, 2.05) is 31.2 Å². The second-order valence-corrected chi connectivity index (χ2v) is 6.17. The Morgan fingerprint density at radius 2 is 1.67 bits per heavy atom. The third-order valence-electron chi connectivity index (χ3n) is 3.68. The number of carbonyl (C=O) groups excluding carboxylic acids is 2. The van der Waals surface area contributed by atoms with Gasteiger partial charge in [0, 0.05) is 37.1 Å². The molecule has 24 heavy (non-hydrogen) atoms. The number of halogens is 1. The molecule has 5 heteroatoms. The topological polar surface area (TPSA) is 49.4 Å². The van der Waals surface area contributed by atoms with Crippen LogP contribution < -0.4 is 5.32 Å². The quantitative estimate of drug-likeness (QED) is 0.860. The molecule has 126 valence electrons. The third kappa shape index (κ3) is 5.70. The first-order valence-electron chi connectivity index (χ1n) is 7.80. The predicted molar refractivity (Wildman–Crippen MR) is 97.0 cm³/mol. The number of aryl methyl sites for hydroxylation is 1. The van der Waals surface area contributed by atoms with Gasteiger partial charge >= 0.3 is 0 Å². The van der Waals surface area contributed by atoms with Gasteiger partial charge in [-0.25, -0.2) is 0 Å². The fourth-order valence-electron chi connectivity index (χ4n) is 2.25. The van der Waals surface area contributed by atoms with Gasteiger partial charge in [0.1, 0.15) is 0 Å². The largest absolute Gasteiger partial charge is 0.338 e. The van der Waals surface area contributed by atoms with E-state index in [4.69, 9.17) is 11.6 Å². The Morgan fingerprint density at radius 3 is 2.25 bits per heavy atom. The maximum atomic E-state index is 12.0. The first-order chi connectivity index (χ1) is 11.4. The molecule has 0 saturated heterocycles. The fourth-order valence-corrected chi connectivity index (χ4v) is 2.38. The molecule has 0 unspecified atom stereocenters. The van der Waals surface area contributed by atoms with E-state index in [0.29, 0.717) is 23.8 Å². The molecule has 0 spiro atoms. The number of carbonyl (C=O) groups is 2. The second kappa shape index (κ2) is 8.50. The Kier molecular flexibility index (Phi) is 6.38. The Bertz CT molecular complexity index is 696. The molecular weight excluding hydrogens is 324 g/mol. The number of hydrogen-bond acceptors (Lipinski definition) is 2. The average molecular weight is 345 g/mol. The van der Waals surface area contributed by atoms with E-state index in [9.17, 15) is 9.59 Å². The SMILES string of the molecule is CC(=O)N(CCC(=O)Nc1ccc(Cl)cc1)Cc1ccc(C)cc1. The van der Waals surface area contributed by atoms with Crippen molar-refractivity contribution in [2.45, 2.75) is 26.8 Å². The lowest BCUT2D eigenvalue weighted by molar-refractivity contribution is -0.129. The number of nitrogens with zero attached hydrogens (tertiary/aromatic N) is 1. The molecule has 2 aromatic carbocycles. The minimum Gasteiger partial charge on any atom is -0.338 e. The van der Waals surface area contributed by atoms with E-state index in [0.717, 1.165) is 5.56 Å². The molecular formula is C19H21ClN2O2. The van der Waals surface area contributed by atoms with E-state index in [1.54, 1.807) is 29.2 Å². The highest BCUT2D eigenvalue weighted by molar-refractivity contribution is 6.30. The summed E-state index contributed by atoms with van der Waals surface area (Å²) in [5, 5.41) is 3.42. The molecule has 2 aromatic rings. The van der Waals surface area contributed by atoms with E-state index < -0.39 is 0 Å². The first kappa shape index (κ1) is 18.0. The summed E-state index contributed by atoms with van der Waals surface area (Å²) in [6.07, 6.45) is 0.244. The highest BCUT2D eigenvalue weighted by Crippen LogP contribution is 2.14. The Labute approximate surface area is 147 Å². The summed E-state index contributed by atoms with van der Waals surface area (Å²) in [7, 11) is 0. The molecule has 0 aliphatic carbocycles. The lowest BCUT2D eigenvalue weighted by Gasteiger charge is -2.21. The third-order valence-corrected chi connectivity index (χ3v) is 3.93. The number of hydrogen-bond donors (Lipinski definition) is 1. The number of rotatable bonds is 6. The highest BCUT2D eigenvalue weighted by Gasteiger charge is 2.12. The van der Waals surface area contributed by atoms with Crippen molar-refractivity contribution in [3.05, 3.63) is 64.7 Å². The summed E-state index contributed by atoms with van der Waals surface area (Å²) in [5.41, 5.74) is 2.92. The Hall–Kier alpha value is -2.33. The smallest absolute Gasteiger partial charge is 0.226 e. The van der Waals surface area contributed by atoms with Gasteiger partial charge < -0.3 is 10.2 Å². The molecule has 0 aliphatic rings. The highest BCUT2D eigenvalue weighted by atomic mass is 35.5. The molecule has 0 aromatic heterocycles.